The summed E-state index contributed by atoms with van der Waals surface area (Å²) < 4.78 is 15.2. The Morgan fingerprint density at radius 2 is 1.68 bits per heavy atom. The van der Waals surface area contributed by atoms with Gasteiger partial charge in [-0.1, -0.05) is 43.2 Å². The van der Waals surface area contributed by atoms with Gasteiger partial charge in [0.05, 0.1) is 35.4 Å². The molecule has 2 heterocycles. The van der Waals surface area contributed by atoms with Crippen molar-refractivity contribution in [1.82, 2.24) is 15.1 Å². The molecule has 4 aromatic rings. The van der Waals surface area contributed by atoms with E-state index in [1.807, 2.05) is 53.4 Å². The molecule has 3 aliphatic rings. The number of hydrogen-bond acceptors (Lipinski definition) is 3. The lowest BCUT2D eigenvalue weighted by molar-refractivity contribution is -0.124. The number of fused-ring (bicyclic) bond motifs is 1. The highest BCUT2D eigenvalue weighted by molar-refractivity contribution is 6.01. The molecule has 3 atom stereocenters. The largest absolute Gasteiger partial charge is 0.350 e. The lowest BCUT2D eigenvalue weighted by Crippen LogP contribution is -2.43. The highest BCUT2D eigenvalue weighted by atomic mass is 19.1. The van der Waals surface area contributed by atoms with Crippen molar-refractivity contribution in [3.63, 3.8) is 0 Å². The van der Waals surface area contributed by atoms with E-state index >= 15 is 0 Å². The summed E-state index contributed by atoms with van der Waals surface area (Å²) in [6.45, 7) is 0. The van der Waals surface area contributed by atoms with Gasteiger partial charge < -0.3 is 10.2 Å². The molecule has 0 spiro atoms. The first-order valence-electron chi connectivity index (χ1n) is 13.5. The summed E-state index contributed by atoms with van der Waals surface area (Å²) in [5, 5.41) is 8.74. The molecule has 1 saturated heterocycles. The molecular weight excluding hydrogens is 479 g/mol. The zero-order valence-electron chi connectivity index (χ0n) is 21.0. The van der Waals surface area contributed by atoms with Gasteiger partial charge in [0, 0.05) is 17.0 Å². The van der Waals surface area contributed by atoms with E-state index in [1.54, 1.807) is 23.0 Å². The first kappa shape index (κ1) is 23.1. The Balaban J connectivity index is 1.30. The van der Waals surface area contributed by atoms with Crippen molar-refractivity contribution in [3.05, 3.63) is 90.4 Å². The highest BCUT2D eigenvalue weighted by Gasteiger charge is 2.52. The second-order valence-electron chi connectivity index (χ2n) is 10.9. The van der Waals surface area contributed by atoms with Crippen molar-refractivity contribution in [2.24, 2.45) is 17.8 Å². The third-order valence-electron chi connectivity index (χ3n) is 8.19. The fourth-order valence-corrected chi connectivity index (χ4v) is 5.87. The van der Waals surface area contributed by atoms with Gasteiger partial charge in [-0.05, 0) is 73.2 Å². The van der Waals surface area contributed by atoms with Crippen LogP contribution in [0.3, 0.4) is 0 Å². The summed E-state index contributed by atoms with van der Waals surface area (Å²) in [4.78, 5) is 29.0. The van der Waals surface area contributed by atoms with Gasteiger partial charge in [0.25, 0.3) is 0 Å². The smallest absolute Gasteiger partial charge is 0.232 e. The molecule has 7 rings (SSSR count). The lowest BCUT2D eigenvalue weighted by atomic mass is 9.89. The van der Waals surface area contributed by atoms with Crippen LogP contribution in [0, 0.1) is 23.6 Å². The molecule has 192 valence electrons. The molecular formula is C31H29FN4O2. The van der Waals surface area contributed by atoms with Crippen molar-refractivity contribution in [1.29, 1.82) is 0 Å². The lowest BCUT2D eigenvalue weighted by Gasteiger charge is -2.30. The molecule has 1 aliphatic heterocycles. The van der Waals surface area contributed by atoms with E-state index in [1.165, 1.54) is 12.1 Å². The van der Waals surface area contributed by atoms with E-state index in [0.717, 1.165) is 59.9 Å². The Labute approximate surface area is 220 Å². The van der Waals surface area contributed by atoms with Crippen LogP contribution in [0.25, 0.3) is 16.6 Å². The molecule has 7 heteroatoms. The maximum atomic E-state index is 14.1. The van der Waals surface area contributed by atoms with E-state index in [4.69, 9.17) is 0 Å². The average Bonchev–Trinajstić information content (AvgIpc) is 3.87. The van der Waals surface area contributed by atoms with Gasteiger partial charge in [0.1, 0.15) is 5.82 Å². The number of halogens is 1. The van der Waals surface area contributed by atoms with Gasteiger partial charge in [-0.2, -0.15) is 5.10 Å². The first-order valence-corrected chi connectivity index (χ1v) is 13.5. The Bertz CT molecular complexity index is 1510. The summed E-state index contributed by atoms with van der Waals surface area (Å²) in [5.41, 5.74) is 3.44. The number of anilines is 1. The average molecular weight is 509 g/mol. The van der Waals surface area contributed by atoms with Crippen molar-refractivity contribution >= 4 is 28.4 Å². The van der Waals surface area contributed by atoms with E-state index < -0.39 is 0 Å². The van der Waals surface area contributed by atoms with Gasteiger partial charge in [0.15, 0.2) is 0 Å². The molecule has 0 bridgehead atoms. The minimum Gasteiger partial charge on any atom is -0.350 e. The van der Waals surface area contributed by atoms with Crippen LogP contribution in [0.5, 0.6) is 0 Å². The van der Waals surface area contributed by atoms with Crippen LogP contribution in [0.15, 0.2) is 79.0 Å². The second-order valence-corrected chi connectivity index (χ2v) is 10.9. The van der Waals surface area contributed by atoms with Gasteiger partial charge in [0.2, 0.25) is 11.8 Å². The number of aromatic nitrogens is 2. The topological polar surface area (TPSA) is 67.2 Å². The Kier molecular flexibility index (Phi) is 5.53. The van der Waals surface area contributed by atoms with E-state index in [2.05, 4.69) is 10.4 Å². The van der Waals surface area contributed by atoms with Crippen LogP contribution in [-0.2, 0) is 9.59 Å². The molecule has 2 saturated carbocycles. The fraction of sp³-hybridized carbons (Fsp3) is 0.323. The molecule has 38 heavy (non-hydrogen) atoms. The minimum absolute atomic E-state index is 0.0668. The van der Waals surface area contributed by atoms with Crippen LogP contribution in [0.2, 0.25) is 0 Å². The SMILES string of the molecule is O=C(N[C@H]1[C@H](CC2CC2)C(=O)N(c2ccc3c(cnn3-c3ccc(F)cc3)c2)[C@@H]1c1ccccc1)C1CC1. The molecule has 6 nitrogen and oxygen atoms in total. The number of hydrogen-bond donors (Lipinski definition) is 1. The number of nitrogens with zero attached hydrogens (tertiary/aromatic N) is 3. The number of benzene rings is 3. The molecule has 0 radical (unpaired) electrons. The highest BCUT2D eigenvalue weighted by Crippen LogP contribution is 2.47. The molecule has 2 amide bonds. The third kappa shape index (κ3) is 4.16. The monoisotopic (exact) mass is 508 g/mol. The number of carbonyl (C=O) groups is 2. The molecule has 0 unspecified atom stereocenters. The fourth-order valence-electron chi connectivity index (χ4n) is 5.87. The normalized spacial score (nSPS) is 23.2. The van der Waals surface area contributed by atoms with Crippen LogP contribution >= 0.6 is 0 Å². The predicted octanol–water partition coefficient (Wildman–Crippen LogP) is 5.56. The van der Waals surface area contributed by atoms with Gasteiger partial charge in [-0.3, -0.25) is 9.59 Å². The third-order valence-corrected chi connectivity index (χ3v) is 8.19. The van der Waals surface area contributed by atoms with E-state index in [9.17, 15) is 14.0 Å². The second kappa shape index (κ2) is 9.08. The minimum atomic E-state index is -0.295. The maximum absolute atomic E-state index is 14.1. The Morgan fingerprint density at radius 3 is 2.39 bits per heavy atom. The number of rotatable bonds is 7. The van der Waals surface area contributed by atoms with Gasteiger partial charge in [-0.15, -0.1) is 0 Å². The predicted molar refractivity (Wildman–Crippen MR) is 143 cm³/mol. The Hall–Kier alpha value is -4.00. The van der Waals surface area contributed by atoms with Crippen molar-refractivity contribution in [2.45, 2.75) is 44.2 Å². The summed E-state index contributed by atoms with van der Waals surface area (Å²) in [5.74, 6) is 0.214. The summed E-state index contributed by atoms with van der Waals surface area (Å²) >= 11 is 0. The summed E-state index contributed by atoms with van der Waals surface area (Å²) in [7, 11) is 0. The maximum Gasteiger partial charge on any atom is 0.232 e. The van der Waals surface area contributed by atoms with Crippen LogP contribution in [0.4, 0.5) is 10.1 Å². The number of nitrogens with one attached hydrogen (secondary N) is 1. The molecule has 1 N–H and O–H groups in total. The summed E-state index contributed by atoms with van der Waals surface area (Å²) in [6.07, 6.45) is 6.73. The van der Waals surface area contributed by atoms with Crippen molar-refractivity contribution in [3.8, 4) is 5.69 Å². The van der Waals surface area contributed by atoms with Crippen molar-refractivity contribution < 1.29 is 14.0 Å². The van der Waals surface area contributed by atoms with Crippen LogP contribution < -0.4 is 10.2 Å². The quantitative estimate of drug-likeness (QED) is 0.355. The number of amides is 2. The first-order chi connectivity index (χ1) is 18.6. The Morgan fingerprint density at radius 1 is 0.947 bits per heavy atom. The van der Waals surface area contributed by atoms with Crippen molar-refractivity contribution in [2.75, 3.05) is 4.90 Å². The molecule has 2 aliphatic carbocycles. The zero-order chi connectivity index (χ0) is 25.8. The van der Waals surface area contributed by atoms with E-state index in [0.29, 0.717) is 5.92 Å². The van der Waals surface area contributed by atoms with E-state index in [-0.39, 0.29) is 41.6 Å². The van der Waals surface area contributed by atoms with Crippen LogP contribution in [-0.4, -0.2) is 27.6 Å². The molecule has 3 aromatic carbocycles. The molecule has 1 aromatic heterocycles. The standard InChI is InChI=1S/C31H29FN4O2/c32-23-10-12-24(13-11-23)36-27-15-14-25(17-22(27)18-33-36)35-29(20-4-2-1-3-5-20)28(34-30(37)21-8-9-21)26(31(35)38)16-19-6-7-19/h1-5,10-15,17-19,21,26,28-29H,6-9,16H2,(H,34,37)/t26-,28-,29+/m0/s1. The zero-order valence-corrected chi connectivity index (χ0v) is 21.0. The van der Waals surface area contributed by atoms with Gasteiger partial charge >= 0.3 is 0 Å². The summed E-state index contributed by atoms with van der Waals surface area (Å²) in [6, 6.07) is 21.6. The van der Waals surface area contributed by atoms with Gasteiger partial charge in [-0.25, -0.2) is 9.07 Å². The number of carbonyl (C=O) groups excluding carboxylic acids is 2. The van der Waals surface area contributed by atoms with Crippen LogP contribution in [0.1, 0.15) is 43.7 Å². The molecule has 3 fully saturated rings.